The fourth-order valence-corrected chi connectivity index (χ4v) is 11.0. The number of ether oxygens (including phenoxy) is 3. The lowest BCUT2D eigenvalue weighted by Gasteiger charge is -2.57. The Morgan fingerprint density at radius 3 is 2.71 bits per heavy atom. The molecule has 0 radical (unpaired) electrons. The average Bonchev–Trinajstić information content (AvgIpc) is 3.83. The molecule has 1 aliphatic carbocycles. The zero-order valence-corrected chi connectivity index (χ0v) is 33.4. The monoisotopic (exact) mass is 817 g/mol. The number of hydrogen-bond donors (Lipinski definition) is 0. The fourth-order valence-electron chi connectivity index (χ4n) is 11.0. The number of fused-ring (bicyclic) bond motifs is 5. The van der Waals surface area contributed by atoms with Crippen LogP contribution in [0, 0.1) is 18.7 Å². The highest BCUT2D eigenvalue weighted by Crippen LogP contribution is 2.52. The Balaban J connectivity index is 1.14. The number of rotatable bonds is 10. The SMILES string of the molecule is CCc1c(F)ccc2cc(OCOC)cc(C3=C(F)C=C(OC[C@@]45CCCN4C[C@H](F)C5)N4C5=NCN6C7=C5[C@@H](CCCC4=C3F)[C@H](CC7)N6Cc3oc(=O)oc3C)c12. The van der Waals surface area contributed by atoms with E-state index in [1.165, 1.54) is 19.3 Å². The van der Waals surface area contributed by atoms with Crippen LogP contribution >= 0.6 is 0 Å². The van der Waals surface area contributed by atoms with Crippen LogP contribution in [0.15, 0.2) is 83.5 Å². The molecule has 0 spiro atoms. The molecule has 11 nitrogen and oxygen atoms in total. The van der Waals surface area contributed by atoms with Crippen molar-refractivity contribution in [2.24, 2.45) is 10.9 Å². The maximum atomic E-state index is 18.1. The number of methoxy groups -OCH3 is 1. The summed E-state index contributed by atoms with van der Waals surface area (Å²) in [6.07, 6.45) is 5.48. The highest BCUT2D eigenvalue weighted by atomic mass is 19.1. The van der Waals surface area contributed by atoms with E-state index in [4.69, 9.17) is 28.0 Å². The van der Waals surface area contributed by atoms with Crippen LogP contribution in [0.1, 0.15) is 80.9 Å². The molecule has 4 atom stereocenters. The number of amidine groups is 1. The van der Waals surface area contributed by atoms with Gasteiger partial charge in [-0.1, -0.05) is 13.0 Å². The number of hydrogen-bond acceptors (Lipinski definition) is 11. The van der Waals surface area contributed by atoms with Gasteiger partial charge in [-0.25, -0.2) is 32.4 Å². The molecule has 2 aromatic carbocycles. The van der Waals surface area contributed by atoms with Crippen LogP contribution in [0.25, 0.3) is 16.3 Å². The summed E-state index contributed by atoms with van der Waals surface area (Å²) >= 11 is 0. The molecule has 4 bridgehead atoms. The second-order valence-corrected chi connectivity index (χ2v) is 16.7. The first-order chi connectivity index (χ1) is 28.6. The summed E-state index contributed by atoms with van der Waals surface area (Å²) < 4.78 is 94.6. The third-order valence-electron chi connectivity index (χ3n) is 13.5. The summed E-state index contributed by atoms with van der Waals surface area (Å²) in [6, 6.07) is 6.23. The Labute approximate surface area is 338 Å². The molecular weight excluding hydrogens is 771 g/mol. The van der Waals surface area contributed by atoms with E-state index < -0.39 is 35.0 Å². The smallest absolute Gasteiger partial charge is 0.477 e. The largest absolute Gasteiger partial charge is 0.519 e. The van der Waals surface area contributed by atoms with E-state index in [2.05, 4.69) is 14.9 Å². The van der Waals surface area contributed by atoms with E-state index in [0.29, 0.717) is 71.8 Å². The van der Waals surface area contributed by atoms with E-state index >= 15 is 17.6 Å². The van der Waals surface area contributed by atoms with Crippen molar-refractivity contribution in [1.82, 2.24) is 19.8 Å². The molecule has 312 valence electrons. The minimum absolute atomic E-state index is 0.0148. The van der Waals surface area contributed by atoms with Gasteiger partial charge >= 0.3 is 5.82 Å². The first-order valence-electron chi connectivity index (χ1n) is 20.7. The van der Waals surface area contributed by atoms with Crippen LogP contribution in [-0.4, -0.2) is 83.7 Å². The van der Waals surface area contributed by atoms with Gasteiger partial charge in [0.1, 0.15) is 48.4 Å². The van der Waals surface area contributed by atoms with Gasteiger partial charge in [0.15, 0.2) is 18.4 Å². The summed E-state index contributed by atoms with van der Waals surface area (Å²) in [5.41, 5.74) is 1.75. The topological polar surface area (TPSA) is 96.4 Å². The highest BCUT2D eigenvalue weighted by Gasteiger charge is 2.53. The van der Waals surface area contributed by atoms with E-state index in [-0.39, 0.29) is 67.6 Å². The molecular formula is C44H47F4N5O6. The Kier molecular flexibility index (Phi) is 9.55. The number of halogens is 4. The summed E-state index contributed by atoms with van der Waals surface area (Å²) in [5, 5.41) is 5.26. The first-order valence-corrected chi connectivity index (χ1v) is 20.7. The van der Waals surface area contributed by atoms with Gasteiger partial charge in [0.25, 0.3) is 0 Å². The molecule has 8 heterocycles. The molecule has 0 saturated carbocycles. The van der Waals surface area contributed by atoms with Crippen molar-refractivity contribution in [2.75, 3.05) is 40.3 Å². The van der Waals surface area contributed by atoms with Gasteiger partial charge in [0, 0.05) is 49.4 Å². The second kappa shape index (κ2) is 14.7. The van der Waals surface area contributed by atoms with Gasteiger partial charge in [0.05, 0.1) is 23.4 Å². The Bertz CT molecular complexity index is 2450. The Morgan fingerprint density at radius 1 is 1.05 bits per heavy atom. The van der Waals surface area contributed by atoms with Crippen LogP contribution in [0.2, 0.25) is 0 Å². The number of hydrazine groups is 1. The first kappa shape index (κ1) is 38.3. The van der Waals surface area contributed by atoms with Crippen LogP contribution in [-0.2, 0) is 22.4 Å². The number of alkyl halides is 1. The molecule has 4 fully saturated rings. The molecule has 11 rings (SSSR count). The minimum Gasteiger partial charge on any atom is -0.477 e. The lowest BCUT2D eigenvalue weighted by atomic mass is 9.73. The van der Waals surface area contributed by atoms with Crippen molar-refractivity contribution in [3.8, 4) is 5.75 Å². The summed E-state index contributed by atoms with van der Waals surface area (Å²) in [6.45, 7) is 5.07. The molecule has 1 aromatic heterocycles. The molecule has 8 aliphatic rings. The van der Waals surface area contributed by atoms with Gasteiger partial charge in [-0.2, -0.15) is 0 Å². The molecule has 0 N–H and O–H groups in total. The maximum absolute atomic E-state index is 18.1. The van der Waals surface area contributed by atoms with Gasteiger partial charge < -0.3 is 23.0 Å². The van der Waals surface area contributed by atoms with E-state index in [1.54, 1.807) is 30.0 Å². The third-order valence-corrected chi connectivity index (χ3v) is 13.5. The van der Waals surface area contributed by atoms with Gasteiger partial charge in [-0.15, -0.1) is 0 Å². The second-order valence-electron chi connectivity index (χ2n) is 16.7. The highest BCUT2D eigenvalue weighted by molar-refractivity contribution is 6.05. The predicted molar refractivity (Wildman–Crippen MR) is 210 cm³/mol. The van der Waals surface area contributed by atoms with E-state index in [1.807, 2.05) is 6.92 Å². The number of nitrogens with zero attached hydrogens (tertiary/aromatic N) is 5. The zero-order chi connectivity index (χ0) is 40.7. The van der Waals surface area contributed by atoms with Crippen LogP contribution in [0.3, 0.4) is 0 Å². The van der Waals surface area contributed by atoms with Crippen molar-refractivity contribution in [1.29, 1.82) is 0 Å². The van der Waals surface area contributed by atoms with Gasteiger partial charge in [-0.3, -0.25) is 14.8 Å². The lowest BCUT2D eigenvalue weighted by Crippen LogP contribution is -2.62. The van der Waals surface area contributed by atoms with Gasteiger partial charge in [0.2, 0.25) is 5.88 Å². The average molecular weight is 818 g/mol. The van der Waals surface area contributed by atoms with Crippen LogP contribution < -0.4 is 10.6 Å². The normalized spacial score (nSPS) is 26.9. The van der Waals surface area contributed by atoms with Crippen molar-refractivity contribution >= 4 is 22.2 Å². The molecule has 4 saturated heterocycles. The summed E-state index contributed by atoms with van der Waals surface area (Å²) in [5.74, 6) is -1.18. The summed E-state index contributed by atoms with van der Waals surface area (Å²) in [4.78, 5) is 20.9. The third kappa shape index (κ3) is 6.17. The molecule has 7 aliphatic heterocycles. The predicted octanol–water partition coefficient (Wildman–Crippen LogP) is 8.31. The van der Waals surface area contributed by atoms with E-state index in [0.717, 1.165) is 43.5 Å². The number of aliphatic imine (C=N–C) groups is 1. The van der Waals surface area contributed by atoms with Crippen molar-refractivity contribution < 1.29 is 40.6 Å². The van der Waals surface area contributed by atoms with Crippen LogP contribution in [0.4, 0.5) is 17.6 Å². The fraction of sp³-hybridized carbons (Fsp3) is 0.500. The Morgan fingerprint density at radius 2 is 1.92 bits per heavy atom. The molecule has 3 aromatic rings. The quantitative estimate of drug-likeness (QED) is 0.147. The molecule has 59 heavy (non-hydrogen) atoms. The molecule has 0 unspecified atom stereocenters. The zero-order valence-electron chi connectivity index (χ0n) is 33.4. The minimum atomic E-state index is -1.00. The maximum Gasteiger partial charge on any atom is 0.519 e. The van der Waals surface area contributed by atoms with Crippen molar-refractivity contribution in [3.05, 3.63) is 104 Å². The number of benzene rings is 2. The summed E-state index contributed by atoms with van der Waals surface area (Å²) in [7, 11) is 1.48. The van der Waals surface area contributed by atoms with Crippen LogP contribution in [0.5, 0.6) is 5.75 Å². The van der Waals surface area contributed by atoms with Crippen molar-refractivity contribution in [3.63, 3.8) is 0 Å². The number of allylic oxidation sites excluding steroid dienone is 6. The van der Waals surface area contributed by atoms with Crippen molar-refractivity contribution in [2.45, 2.75) is 95.9 Å². The van der Waals surface area contributed by atoms with Gasteiger partial charge in [-0.05, 0) is 105 Å². The molecule has 15 heteroatoms. The number of aryl methyl sites for hydroxylation is 2. The molecule has 0 amide bonds. The lowest BCUT2D eigenvalue weighted by molar-refractivity contribution is -0.105. The Hall–Kier alpha value is -4.86. The van der Waals surface area contributed by atoms with E-state index in [9.17, 15) is 4.79 Å². The standard InChI is InChI=1S/C44H47F4N5O6/c1-4-28-31(46)10-9-25-15-27(57-23-55-3)16-30(38(25)28)39-32(47)17-37(56-21-44-13-6-14-50(44)19-26(45)18-44)53-35(41(39)48)8-5-7-29-33-11-12-34-40(29)42(53)49-22-52(34)51(33)20-36-24(2)58-43(54)59-36/h9-10,15-17,26,29,33H,4-8,11-14,18-23H2,1-3H3/t26-,29+,33+,44+/m1/s1.